The lowest BCUT2D eigenvalue weighted by Gasteiger charge is -2.30. The summed E-state index contributed by atoms with van der Waals surface area (Å²) in [6.45, 7) is 4.07. The van der Waals surface area contributed by atoms with E-state index in [0.29, 0.717) is 19.4 Å². The van der Waals surface area contributed by atoms with Gasteiger partial charge in [0.1, 0.15) is 0 Å². The number of hydrogen-bond acceptors (Lipinski definition) is 2. The molecule has 4 heteroatoms. The zero-order valence-corrected chi connectivity index (χ0v) is 17.5. The predicted molar refractivity (Wildman–Crippen MR) is 121 cm³/mol. The molecule has 3 rings (SSSR count). The molecule has 0 radical (unpaired) electrons. The molecule has 3 aromatic rings. The normalized spacial score (nSPS) is 11.5. The van der Waals surface area contributed by atoms with Crippen LogP contribution in [0.5, 0.6) is 0 Å². The number of aryl methyl sites for hydroxylation is 1. The fraction of sp³-hybridized carbons (Fsp3) is 0.231. The molecule has 0 saturated carbocycles. The molecule has 4 nitrogen and oxygen atoms in total. The minimum atomic E-state index is -0.123. The molecule has 0 unspecified atom stereocenters. The molecule has 0 spiro atoms. The van der Waals surface area contributed by atoms with Crippen LogP contribution in [0.4, 0.5) is 5.69 Å². The van der Waals surface area contributed by atoms with Crippen molar-refractivity contribution in [2.45, 2.75) is 39.3 Å². The summed E-state index contributed by atoms with van der Waals surface area (Å²) in [5.41, 5.74) is 3.98. The number of anilines is 1. The third-order valence-corrected chi connectivity index (χ3v) is 5.14. The van der Waals surface area contributed by atoms with E-state index >= 15 is 0 Å². The van der Waals surface area contributed by atoms with Crippen molar-refractivity contribution in [3.8, 4) is 0 Å². The largest absolute Gasteiger partial charge is 0.332 e. The topological polar surface area (TPSA) is 49.4 Å². The van der Waals surface area contributed by atoms with Gasteiger partial charge in [-0.05, 0) is 42.2 Å². The quantitative estimate of drug-likeness (QED) is 0.553. The number of nitrogens with zero attached hydrogens (tertiary/aromatic N) is 1. The van der Waals surface area contributed by atoms with E-state index in [4.69, 9.17) is 0 Å². The highest BCUT2D eigenvalue weighted by Gasteiger charge is 2.22. The van der Waals surface area contributed by atoms with E-state index in [0.717, 1.165) is 22.4 Å². The Balaban J connectivity index is 1.81. The van der Waals surface area contributed by atoms with E-state index in [1.807, 2.05) is 84.6 Å². The maximum absolute atomic E-state index is 13.3. The molecule has 3 aromatic carbocycles. The first kappa shape index (κ1) is 21.3. The Kier molecular flexibility index (Phi) is 7.39. The summed E-state index contributed by atoms with van der Waals surface area (Å²) in [5.74, 6) is 0.0000171. The van der Waals surface area contributed by atoms with E-state index in [1.54, 1.807) is 0 Å². The van der Waals surface area contributed by atoms with Crippen LogP contribution in [-0.2, 0) is 22.6 Å². The van der Waals surface area contributed by atoms with Crippen LogP contribution in [0.2, 0.25) is 0 Å². The molecular weight excluding hydrogens is 372 g/mol. The molecule has 154 valence electrons. The van der Waals surface area contributed by atoms with Gasteiger partial charge in [0.25, 0.3) is 0 Å². The van der Waals surface area contributed by atoms with Gasteiger partial charge in [0.15, 0.2) is 0 Å². The molecule has 0 bridgehead atoms. The van der Waals surface area contributed by atoms with Crippen molar-refractivity contribution in [2.24, 2.45) is 0 Å². The van der Waals surface area contributed by atoms with Crippen LogP contribution in [0.15, 0.2) is 84.9 Å². The summed E-state index contributed by atoms with van der Waals surface area (Å²) in [6, 6.07) is 27.7. The van der Waals surface area contributed by atoms with E-state index < -0.39 is 0 Å². The Morgan fingerprint density at radius 3 is 2.13 bits per heavy atom. The second kappa shape index (κ2) is 10.4. The van der Waals surface area contributed by atoms with Gasteiger partial charge >= 0.3 is 0 Å². The van der Waals surface area contributed by atoms with Gasteiger partial charge in [-0.15, -0.1) is 0 Å². The molecule has 1 atom stereocenters. The maximum Gasteiger partial charge on any atom is 0.223 e. The van der Waals surface area contributed by atoms with Crippen LogP contribution in [-0.4, -0.2) is 16.7 Å². The van der Waals surface area contributed by atoms with Gasteiger partial charge < -0.3 is 10.2 Å². The second-order valence-corrected chi connectivity index (χ2v) is 7.48. The summed E-state index contributed by atoms with van der Waals surface area (Å²) in [4.78, 5) is 26.6. The van der Waals surface area contributed by atoms with Crippen molar-refractivity contribution in [2.75, 3.05) is 5.32 Å². The number of benzene rings is 3. The van der Waals surface area contributed by atoms with Crippen molar-refractivity contribution in [3.05, 3.63) is 102 Å². The van der Waals surface area contributed by atoms with Crippen LogP contribution in [0.1, 0.15) is 43.0 Å². The van der Waals surface area contributed by atoms with Gasteiger partial charge in [-0.2, -0.15) is 0 Å². The fourth-order valence-electron chi connectivity index (χ4n) is 3.52. The molecule has 30 heavy (non-hydrogen) atoms. The standard InChI is InChI=1S/C26H28N2O2/c1-20(24-14-9-15-25(18-24)27-21(2)29)28(19-23-12-7-4-8-13-23)26(30)17-16-22-10-5-3-6-11-22/h3-15,18,20H,16-17,19H2,1-2H3,(H,27,29)/t20-/m1/s1. The van der Waals surface area contributed by atoms with Crippen molar-refractivity contribution >= 4 is 17.5 Å². The molecule has 1 N–H and O–H groups in total. The zero-order chi connectivity index (χ0) is 21.3. The van der Waals surface area contributed by atoms with Gasteiger partial charge in [-0.3, -0.25) is 9.59 Å². The van der Waals surface area contributed by atoms with Crippen molar-refractivity contribution in [3.63, 3.8) is 0 Å². The molecule has 0 heterocycles. The highest BCUT2D eigenvalue weighted by Crippen LogP contribution is 2.26. The number of rotatable bonds is 8. The average molecular weight is 401 g/mol. The van der Waals surface area contributed by atoms with Crippen molar-refractivity contribution in [1.82, 2.24) is 4.90 Å². The van der Waals surface area contributed by atoms with E-state index in [2.05, 4.69) is 17.4 Å². The summed E-state index contributed by atoms with van der Waals surface area (Å²) in [6.07, 6.45) is 1.16. The van der Waals surface area contributed by atoms with Gasteiger partial charge in [0, 0.05) is 25.6 Å². The first-order valence-electron chi connectivity index (χ1n) is 10.3. The number of carbonyl (C=O) groups is 2. The first-order chi connectivity index (χ1) is 14.5. The Morgan fingerprint density at radius 2 is 1.50 bits per heavy atom. The maximum atomic E-state index is 13.3. The smallest absolute Gasteiger partial charge is 0.223 e. The Bertz CT molecular complexity index is 971. The summed E-state index contributed by atoms with van der Waals surface area (Å²) in [7, 11) is 0. The van der Waals surface area contributed by atoms with Crippen LogP contribution >= 0.6 is 0 Å². The molecular formula is C26H28N2O2. The Labute approximate surface area is 178 Å². The highest BCUT2D eigenvalue weighted by molar-refractivity contribution is 5.88. The second-order valence-electron chi connectivity index (χ2n) is 7.48. The van der Waals surface area contributed by atoms with Crippen molar-refractivity contribution in [1.29, 1.82) is 0 Å². The first-order valence-corrected chi connectivity index (χ1v) is 10.3. The lowest BCUT2D eigenvalue weighted by Crippen LogP contribution is -2.33. The molecule has 0 aliphatic heterocycles. The van der Waals surface area contributed by atoms with Gasteiger partial charge in [0.2, 0.25) is 11.8 Å². The van der Waals surface area contributed by atoms with E-state index in [-0.39, 0.29) is 17.9 Å². The minimum Gasteiger partial charge on any atom is -0.332 e. The van der Waals surface area contributed by atoms with Crippen LogP contribution < -0.4 is 5.32 Å². The van der Waals surface area contributed by atoms with Gasteiger partial charge in [-0.25, -0.2) is 0 Å². The highest BCUT2D eigenvalue weighted by atomic mass is 16.2. The summed E-state index contributed by atoms with van der Waals surface area (Å²) >= 11 is 0. The van der Waals surface area contributed by atoms with Crippen LogP contribution in [0.3, 0.4) is 0 Å². The average Bonchev–Trinajstić information content (AvgIpc) is 2.76. The lowest BCUT2D eigenvalue weighted by atomic mass is 10.0. The predicted octanol–water partition coefficient (Wildman–Crippen LogP) is 5.37. The van der Waals surface area contributed by atoms with Crippen LogP contribution in [0, 0.1) is 0 Å². The van der Waals surface area contributed by atoms with Crippen molar-refractivity contribution < 1.29 is 9.59 Å². The lowest BCUT2D eigenvalue weighted by molar-refractivity contribution is -0.134. The third kappa shape index (κ3) is 6.05. The summed E-state index contributed by atoms with van der Waals surface area (Å²) in [5, 5.41) is 2.82. The molecule has 0 fully saturated rings. The van der Waals surface area contributed by atoms with E-state index in [1.165, 1.54) is 6.92 Å². The van der Waals surface area contributed by atoms with Gasteiger partial charge in [0.05, 0.1) is 6.04 Å². The molecule has 0 aliphatic carbocycles. The minimum absolute atomic E-state index is 0.111. The summed E-state index contributed by atoms with van der Waals surface area (Å²) < 4.78 is 0. The monoisotopic (exact) mass is 400 g/mol. The fourth-order valence-corrected chi connectivity index (χ4v) is 3.52. The Hall–Kier alpha value is -3.40. The molecule has 0 aromatic heterocycles. The zero-order valence-electron chi connectivity index (χ0n) is 17.5. The number of hydrogen-bond donors (Lipinski definition) is 1. The number of carbonyl (C=O) groups excluding carboxylic acids is 2. The van der Waals surface area contributed by atoms with Gasteiger partial charge in [-0.1, -0.05) is 72.8 Å². The SMILES string of the molecule is CC(=O)Nc1cccc([C@@H](C)N(Cc2ccccc2)C(=O)CCc2ccccc2)c1. The van der Waals surface area contributed by atoms with E-state index in [9.17, 15) is 9.59 Å². The van der Waals surface area contributed by atoms with Crippen LogP contribution in [0.25, 0.3) is 0 Å². The molecule has 0 aliphatic rings. The molecule has 0 saturated heterocycles. The Morgan fingerprint density at radius 1 is 0.867 bits per heavy atom. The number of nitrogens with one attached hydrogen (secondary N) is 1. The molecule has 2 amide bonds. The third-order valence-electron chi connectivity index (χ3n) is 5.14. The number of amides is 2.